The van der Waals surface area contributed by atoms with E-state index in [1.54, 1.807) is 18.2 Å². The van der Waals surface area contributed by atoms with E-state index in [0.717, 1.165) is 27.6 Å². The van der Waals surface area contributed by atoms with Gasteiger partial charge >= 0.3 is 0 Å². The van der Waals surface area contributed by atoms with E-state index in [9.17, 15) is 10.2 Å². The highest BCUT2D eigenvalue weighted by Crippen LogP contribution is 2.31. The zero-order chi connectivity index (χ0) is 15.7. The third kappa shape index (κ3) is 2.70. The lowest BCUT2D eigenvalue weighted by Gasteiger charge is -2.14. The van der Waals surface area contributed by atoms with Gasteiger partial charge in [-0.05, 0) is 46.7 Å². The molecule has 2 N–H and O–H groups in total. The average molecular weight is 293 g/mol. The lowest BCUT2D eigenvalue weighted by Crippen LogP contribution is -2.08. The molecule has 0 amide bonds. The summed E-state index contributed by atoms with van der Waals surface area (Å²) in [5, 5.41) is 21.8. The molecule has 3 heteroatoms. The van der Waals surface area contributed by atoms with Crippen LogP contribution in [-0.2, 0) is 6.42 Å². The molecule has 0 spiro atoms. The van der Waals surface area contributed by atoms with Gasteiger partial charge in [-0.2, -0.15) is 0 Å². The summed E-state index contributed by atoms with van der Waals surface area (Å²) in [4.78, 5) is 2.05. The minimum absolute atomic E-state index is 0.210. The summed E-state index contributed by atoms with van der Waals surface area (Å²) in [6.45, 7) is 0. The normalized spacial score (nSPS) is 10.8. The number of aromatic hydroxyl groups is 2. The van der Waals surface area contributed by atoms with E-state index >= 15 is 0 Å². The monoisotopic (exact) mass is 293 g/mol. The van der Waals surface area contributed by atoms with Crippen molar-refractivity contribution >= 4 is 16.5 Å². The number of hydrogen-bond donors (Lipinski definition) is 2. The van der Waals surface area contributed by atoms with Crippen LogP contribution in [0.3, 0.4) is 0 Å². The summed E-state index contributed by atoms with van der Waals surface area (Å²) in [6, 6.07) is 17.1. The molecular weight excluding hydrogens is 274 g/mol. The van der Waals surface area contributed by atoms with E-state index in [1.165, 1.54) is 0 Å². The fourth-order valence-electron chi connectivity index (χ4n) is 2.66. The molecule has 0 heterocycles. The van der Waals surface area contributed by atoms with Crippen LogP contribution < -0.4 is 4.90 Å². The first-order chi connectivity index (χ1) is 10.5. The maximum absolute atomic E-state index is 10.2. The van der Waals surface area contributed by atoms with Crippen LogP contribution in [-0.4, -0.2) is 24.3 Å². The minimum atomic E-state index is 0.210. The minimum Gasteiger partial charge on any atom is -0.508 e. The smallest absolute Gasteiger partial charge is 0.119 e. The van der Waals surface area contributed by atoms with Crippen molar-refractivity contribution in [1.29, 1.82) is 0 Å². The van der Waals surface area contributed by atoms with Crippen LogP contribution in [0.25, 0.3) is 10.8 Å². The molecular formula is C19H19NO2. The Hall–Kier alpha value is -2.68. The van der Waals surface area contributed by atoms with Crippen LogP contribution in [0.15, 0.2) is 54.6 Å². The van der Waals surface area contributed by atoms with Gasteiger partial charge in [-0.15, -0.1) is 0 Å². The topological polar surface area (TPSA) is 43.7 Å². The molecule has 0 aliphatic heterocycles. The van der Waals surface area contributed by atoms with Crippen LogP contribution in [0.1, 0.15) is 11.1 Å². The second kappa shape index (κ2) is 5.60. The largest absolute Gasteiger partial charge is 0.508 e. The molecule has 0 atom stereocenters. The standard InChI is InChI=1S/C19H19NO2/c1-20(2)15-7-3-13(4-8-15)11-18-17-12-16(21)9-5-14(17)6-10-19(18)22/h3-10,12,21-22H,11H2,1-2H3. The van der Waals surface area contributed by atoms with Crippen molar-refractivity contribution in [3.8, 4) is 11.5 Å². The molecule has 0 saturated heterocycles. The Labute approximate surface area is 130 Å². The molecule has 22 heavy (non-hydrogen) atoms. The summed E-state index contributed by atoms with van der Waals surface area (Å²) >= 11 is 0. The van der Waals surface area contributed by atoms with Crippen LogP contribution >= 0.6 is 0 Å². The fourth-order valence-corrected chi connectivity index (χ4v) is 2.66. The van der Waals surface area contributed by atoms with Gasteiger partial charge in [-0.25, -0.2) is 0 Å². The second-order valence-electron chi connectivity index (χ2n) is 5.71. The van der Waals surface area contributed by atoms with E-state index in [-0.39, 0.29) is 11.5 Å². The van der Waals surface area contributed by atoms with E-state index in [2.05, 4.69) is 29.2 Å². The summed E-state index contributed by atoms with van der Waals surface area (Å²) in [6.07, 6.45) is 0.625. The highest BCUT2D eigenvalue weighted by Gasteiger charge is 2.09. The number of rotatable bonds is 3. The Kier molecular flexibility index (Phi) is 3.63. The Morgan fingerprint density at radius 1 is 0.864 bits per heavy atom. The summed E-state index contributed by atoms with van der Waals surface area (Å²) in [5.74, 6) is 0.470. The molecule has 0 aromatic heterocycles. The SMILES string of the molecule is CN(C)c1ccc(Cc2c(O)ccc3ccc(O)cc23)cc1. The van der Waals surface area contributed by atoms with E-state index in [0.29, 0.717) is 6.42 Å². The predicted molar refractivity (Wildman–Crippen MR) is 90.9 cm³/mol. The zero-order valence-electron chi connectivity index (χ0n) is 12.7. The van der Waals surface area contributed by atoms with Crippen LogP contribution in [0.5, 0.6) is 11.5 Å². The molecule has 3 aromatic carbocycles. The fraction of sp³-hybridized carbons (Fsp3) is 0.158. The van der Waals surface area contributed by atoms with Gasteiger partial charge in [0, 0.05) is 31.8 Å². The van der Waals surface area contributed by atoms with Crippen molar-refractivity contribution in [3.63, 3.8) is 0 Å². The van der Waals surface area contributed by atoms with Gasteiger partial charge in [0.1, 0.15) is 11.5 Å². The number of anilines is 1. The first-order valence-electron chi connectivity index (χ1n) is 7.24. The van der Waals surface area contributed by atoms with Gasteiger partial charge in [-0.1, -0.05) is 24.3 Å². The Morgan fingerprint density at radius 2 is 1.55 bits per heavy atom. The van der Waals surface area contributed by atoms with Gasteiger partial charge in [0.2, 0.25) is 0 Å². The van der Waals surface area contributed by atoms with E-state index < -0.39 is 0 Å². The summed E-state index contributed by atoms with van der Waals surface area (Å²) < 4.78 is 0. The molecule has 112 valence electrons. The third-order valence-corrected chi connectivity index (χ3v) is 3.93. The lowest BCUT2D eigenvalue weighted by atomic mass is 9.97. The quantitative estimate of drug-likeness (QED) is 0.769. The lowest BCUT2D eigenvalue weighted by molar-refractivity contribution is 0.470. The molecule has 0 aliphatic rings. The van der Waals surface area contributed by atoms with E-state index in [4.69, 9.17) is 0 Å². The zero-order valence-corrected chi connectivity index (χ0v) is 12.7. The Balaban J connectivity index is 2.02. The Bertz CT molecular complexity index is 802. The highest BCUT2D eigenvalue weighted by molar-refractivity contribution is 5.89. The molecule has 3 aromatic rings. The maximum atomic E-state index is 10.2. The van der Waals surface area contributed by atoms with Crippen LogP contribution in [0, 0.1) is 0 Å². The van der Waals surface area contributed by atoms with Crippen molar-refractivity contribution in [1.82, 2.24) is 0 Å². The first kappa shape index (κ1) is 14.3. The van der Waals surface area contributed by atoms with E-state index in [1.807, 2.05) is 26.2 Å². The molecule has 3 nitrogen and oxygen atoms in total. The molecule has 0 aliphatic carbocycles. The number of phenols is 2. The Morgan fingerprint density at radius 3 is 2.23 bits per heavy atom. The summed E-state index contributed by atoms with van der Waals surface area (Å²) in [7, 11) is 4.02. The van der Waals surface area contributed by atoms with Gasteiger partial charge < -0.3 is 15.1 Å². The van der Waals surface area contributed by atoms with Gasteiger partial charge in [0.15, 0.2) is 0 Å². The number of benzene rings is 3. The molecule has 3 rings (SSSR count). The summed E-state index contributed by atoms with van der Waals surface area (Å²) in [5.41, 5.74) is 3.10. The number of nitrogens with zero attached hydrogens (tertiary/aromatic N) is 1. The van der Waals surface area contributed by atoms with Gasteiger partial charge in [0.05, 0.1) is 0 Å². The highest BCUT2D eigenvalue weighted by atomic mass is 16.3. The van der Waals surface area contributed by atoms with Crippen LogP contribution in [0.2, 0.25) is 0 Å². The van der Waals surface area contributed by atoms with Gasteiger partial charge in [-0.3, -0.25) is 0 Å². The van der Waals surface area contributed by atoms with Crippen molar-refractivity contribution in [2.24, 2.45) is 0 Å². The van der Waals surface area contributed by atoms with Crippen molar-refractivity contribution in [2.45, 2.75) is 6.42 Å². The van der Waals surface area contributed by atoms with Crippen molar-refractivity contribution in [3.05, 3.63) is 65.7 Å². The first-order valence-corrected chi connectivity index (χ1v) is 7.24. The van der Waals surface area contributed by atoms with Crippen LogP contribution in [0.4, 0.5) is 5.69 Å². The molecule has 0 radical (unpaired) electrons. The number of fused-ring (bicyclic) bond motifs is 1. The predicted octanol–water partition coefficient (Wildman–Crippen LogP) is 3.91. The van der Waals surface area contributed by atoms with Crippen molar-refractivity contribution < 1.29 is 10.2 Å². The van der Waals surface area contributed by atoms with Gasteiger partial charge in [0.25, 0.3) is 0 Å². The number of phenolic OH excluding ortho intramolecular Hbond substituents is 2. The molecule has 0 fully saturated rings. The molecule has 0 bridgehead atoms. The molecule has 0 saturated carbocycles. The molecule has 0 unspecified atom stereocenters. The third-order valence-electron chi connectivity index (χ3n) is 3.93. The average Bonchev–Trinajstić information content (AvgIpc) is 2.51. The second-order valence-corrected chi connectivity index (χ2v) is 5.71. The number of hydrogen-bond acceptors (Lipinski definition) is 3. The maximum Gasteiger partial charge on any atom is 0.119 e. The van der Waals surface area contributed by atoms with Crippen molar-refractivity contribution in [2.75, 3.05) is 19.0 Å².